The van der Waals surface area contributed by atoms with E-state index in [9.17, 15) is 28.7 Å². The van der Waals surface area contributed by atoms with E-state index >= 15 is 4.39 Å². The summed E-state index contributed by atoms with van der Waals surface area (Å²) in [6, 6.07) is 140. The number of pyridine rings is 8. The van der Waals surface area contributed by atoms with Crippen LogP contribution in [0.5, 0.6) is 0 Å². The molecule has 3 N–H and O–H groups in total. The van der Waals surface area contributed by atoms with Crippen molar-refractivity contribution in [3.63, 3.8) is 0 Å². The molecule has 8 aromatic heterocycles. The largest absolute Gasteiger partial charge is 1.00 e. The summed E-state index contributed by atoms with van der Waals surface area (Å²) in [5.41, 5.74) is 18.1. The van der Waals surface area contributed by atoms with Gasteiger partial charge in [-0.3, -0.25) is 9.78 Å². The van der Waals surface area contributed by atoms with Gasteiger partial charge in [-0.2, -0.15) is 18.6 Å². The van der Waals surface area contributed by atoms with E-state index in [1.807, 2.05) is 352 Å². The van der Waals surface area contributed by atoms with E-state index in [1.54, 1.807) is 85.2 Å². The predicted molar refractivity (Wildman–Crippen MR) is 604 cm³/mol. The Morgan fingerprint density at radius 1 is 0.338 bits per heavy atom. The van der Waals surface area contributed by atoms with Crippen LogP contribution in [0.4, 0.5) is 13.2 Å². The number of hydrogen-bond donors (Lipinski definition) is 3. The second-order valence-electron chi connectivity index (χ2n) is 32.3. The Kier molecular flexibility index (Phi) is 54.9. The van der Waals surface area contributed by atoms with Gasteiger partial charge in [0, 0.05) is 91.2 Å². The van der Waals surface area contributed by atoms with Crippen molar-refractivity contribution >= 4 is 98.5 Å². The maximum absolute atomic E-state index is 15.2. The number of aliphatic hydroxyl groups excluding tert-OH is 1. The van der Waals surface area contributed by atoms with Gasteiger partial charge in [-0.05, 0) is 218 Å². The van der Waals surface area contributed by atoms with Gasteiger partial charge in [0.05, 0.1) is 56.9 Å². The second kappa shape index (κ2) is 68.2. The third-order valence-electron chi connectivity index (χ3n) is 21.5. The summed E-state index contributed by atoms with van der Waals surface area (Å²) < 4.78 is 59.0. The summed E-state index contributed by atoms with van der Waals surface area (Å²) in [5.74, 6) is 0. The van der Waals surface area contributed by atoms with Crippen LogP contribution in [0.1, 0.15) is 125 Å². The van der Waals surface area contributed by atoms with E-state index in [2.05, 4.69) is 152 Å². The van der Waals surface area contributed by atoms with Crippen molar-refractivity contribution in [3.05, 3.63) is 548 Å². The second-order valence-corrected chi connectivity index (χ2v) is 36.7. The molecule has 14 nitrogen and oxygen atoms in total. The van der Waals surface area contributed by atoms with Gasteiger partial charge < -0.3 is 36.5 Å². The zero-order valence-corrected chi connectivity index (χ0v) is 90.2. The van der Waals surface area contributed by atoms with Crippen molar-refractivity contribution < 1.29 is 80.3 Å². The topological polar surface area (TPSA) is 199 Å². The first-order chi connectivity index (χ1) is 71.4. The molecular formula is C123H109BBr5F3Li2N8O6. The van der Waals surface area contributed by atoms with Crippen molar-refractivity contribution in [3.8, 4) is 78.8 Å². The van der Waals surface area contributed by atoms with E-state index < -0.39 is 31.7 Å². The quantitative estimate of drug-likeness (QED) is 0.0317. The number of benzene rings is 11. The standard InChI is InChI=1S/C23H17FN2.C18H15BFNO2.C18H13BrFN.C18H14BrNO.C11H8BrN.C11H8N.C7H5BrO.C5H4BrN.2C4H8O.C4H9.2Li/c24-23(19-11-6-10-18(16-19)20-12-4-5-15-25-20)22-14-7-13-21(26-22)17-8-2-1-3-9-17;20-18(14-8-4-9-15(12-14)19(22)23)17-11-5-10-16(21-17)13-6-2-1-3-7-13;19-15-9-4-8-14(12-15)18(20)17-11-5-10-16(21-17)13-6-2-1-3-7-13;19-15-9-4-8-14(12-15)18(21)17-11-5-10-16(20-17)13-6-2-1-3-7-13;12-11-8-4-7-10(13-11)9-5-2-1-3-6-9;1-2-6-10(7-3-1)11-8-4-5-9-12-11;8-7-3-1-2-6(4-7)5-9;6-5-3-1-2-4-7-5;2*1-2-4-5-3-1;1-3-4-2;;/h1-16,23H;1-12,18,22-23H;1-12,18H;1-12,18,21H;1-8H;1-8H;1-5H;1-4H;2*1-4H2;1,3-4H2,2H3;;/q;;;;;-1;;;;;-1;2*+1. The predicted octanol–water partition coefficient (Wildman–Crippen LogP) is 25.9. The number of halogens is 8. The molecule has 21 rings (SSSR count). The van der Waals surface area contributed by atoms with Crippen LogP contribution >= 0.6 is 79.6 Å². The molecule has 0 spiro atoms. The molecule has 2 aliphatic rings. The van der Waals surface area contributed by atoms with Crippen molar-refractivity contribution in [1.29, 1.82) is 0 Å². The number of carbonyl (C=O) groups excluding carboxylic acids is 1. The molecule has 4 atom stereocenters. The van der Waals surface area contributed by atoms with Gasteiger partial charge in [0.1, 0.15) is 21.6 Å². The summed E-state index contributed by atoms with van der Waals surface area (Å²) in [4.78, 5) is 44.8. The zero-order chi connectivity index (χ0) is 103. The molecule has 2 fully saturated rings. The molecule has 148 heavy (non-hydrogen) atoms. The van der Waals surface area contributed by atoms with Crippen molar-refractivity contribution in [1.82, 2.24) is 39.9 Å². The van der Waals surface area contributed by atoms with Gasteiger partial charge in [-0.25, -0.2) is 43.1 Å². The smallest absolute Gasteiger partial charge is 0.423 e. The molecule has 2 saturated heterocycles. The molecule has 19 aromatic rings. The maximum atomic E-state index is 15.2. The van der Waals surface area contributed by atoms with Crippen LogP contribution in [0.2, 0.25) is 0 Å². The molecule has 10 heterocycles. The molecule has 0 saturated carbocycles. The number of carbonyl (C=O) groups is 1. The molecule has 2 aliphatic heterocycles. The minimum absolute atomic E-state index is 0. The van der Waals surface area contributed by atoms with Crippen molar-refractivity contribution in [2.45, 2.75) is 70.1 Å². The van der Waals surface area contributed by atoms with Crippen molar-refractivity contribution in [2.75, 3.05) is 26.4 Å². The van der Waals surface area contributed by atoms with E-state index in [1.165, 1.54) is 44.2 Å². The number of aliphatic hydroxyl groups is 1. The fourth-order valence-electron chi connectivity index (χ4n) is 14.0. The third kappa shape index (κ3) is 41.9. The minimum atomic E-state index is -1.62. The molecular weight excluding hydrogens is 2170 g/mol. The van der Waals surface area contributed by atoms with Crippen LogP contribution in [-0.2, 0) is 9.47 Å². The number of unbranched alkanes of at least 4 members (excludes halogenated alkanes) is 1. The van der Waals surface area contributed by atoms with E-state index in [4.69, 9.17) is 9.47 Å². The van der Waals surface area contributed by atoms with Crippen LogP contribution in [0.25, 0.3) is 78.8 Å². The summed E-state index contributed by atoms with van der Waals surface area (Å²) in [5, 5.41) is 28.9. The Bertz CT molecular complexity index is 6690. The van der Waals surface area contributed by atoms with E-state index in [0.29, 0.717) is 45.0 Å². The van der Waals surface area contributed by atoms with Gasteiger partial charge in [0.15, 0.2) is 18.5 Å². The van der Waals surface area contributed by atoms with Gasteiger partial charge in [0.25, 0.3) is 0 Å². The third-order valence-corrected chi connectivity index (χ3v) is 23.8. The minimum Gasteiger partial charge on any atom is -0.423 e. The van der Waals surface area contributed by atoms with Gasteiger partial charge in [0.2, 0.25) is 0 Å². The van der Waals surface area contributed by atoms with Gasteiger partial charge in [-0.1, -0.05) is 376 Å². The zero-order valence-electron chi connectivity index (χ0n) is 82.3. The molecule has 0 radical (unpaired) electrons. The number of aromatic nitrogens is 8. The summed E-state index contributed by atoms with van der Waals surface area (Å²) >= 11 is 16.6. The van der Waals surface area contributed by atoms with Crippen LogP contribution in [0, 0.1) is 13.1 Å². The van der Waals surface area contributed by atoms with Crippen molar-refractivity contribution in [2.24, 2.45) is 0 Å². The molecule has 0 aliphatic carbocycles. The number of ether oxygens (including phenoxy) is 2. The molecule has 25 heteroatoms. The fraction of sp³-hybridized carbons (Fsp3) is 0.122. The number of hydrogen-bond acceptors (Lipinski definition) is 14. The fourth-order valence-corrected chi connectivity index (χ4v) is 15.8. The molecule has 11 aromatic carbocycles. The molecule has 738 valence electrons. The van der Waals surface area contributed by atoms with Gasteiger partial charge in [-0.15, -0.1) is 6.07 Å². The average Bonchev–Trinajstić information content (AvgIpc) is 1.31. The number of rotatable bonds is 18. The molecule has 4 unspecified atom stereocenters. The Balaban J connectivity index is 0.000000188. The maximum Gasteiger partial charge on any atom is 1.00 e. The number of alkyl halides is 3. The number of aldehydes is 1. The SMILES string of the molecule is Brc1cccc(-c2ccccc2)n1.Brc1ccccn1.C1CCOC1.C1CCOC1.FC(c1cccc(-c2ccccn2)c1)c1cccc(-c2ccccc2)n1.FC(c1cccc(Br)c1)c1cccc(-c2ccccc2)n1.O=Cc1cccc(Br)c1.OB(O)c1cccc(C(F)c2cccc(-c3ccccc3)n2)c1.OC(c1cccc(Br)c1)c1cccc(-c2ccccc2)n1.[CH2-]CCC.[Li+].[Li+].[c-]1cccc(-c2ccccc2)n1. The number of nitrogens with zero attached hydrogens (tertiary/aromatic N) is 8. The van der Waals surface area contributed by atoms with Crippen LogP contribution in [0.3, 0.4) is 0 Å². The Hall–Kier alpha value is -12.5. The first kappa shape index (κ1) is 119. The molecule has 0 amide bonds. The first-order valence-corrected chi connectivity index (χ1v) is 51.3. The summed E-state index contributed by atoms with van der Waals surface area (Å²) in [7, 11) is -1.62. The van der Waals surface area contributed by atoms with Gasteiger partial charge >= 0.3 is 44.8 Å². The Labute approximate surface area is 933 Å². The normalized spacial score (nSPS) is 11.8. The van der Waals surface area contributed by atoms with E-state index in [-0.39, 0.29) is 48.9 Å². The Morgan fingerprint density at radius 2 is 0.655 bits per heavy atom. The first-order valence-electron chi connectivity index (χ1n) is 47.4. The average molecular weight is 2280 g/mol. The summed E-state index contributed by atoms with van der Waals surface area (Å²) in [6.07, 6.45) is 9.82. The Morgan fingerprint density at radius 3 is 1.00 bits per heavy atom. The van der Waals surface area contributed by atoms with E-state index in [0.717, 1.165) is 140 Å². The van der Waals surface area contributed by atoms with Crippen LogP contribution < -0.4 is 43.2 Å². The van der Waals surface area contributed by atoms with Crippen LogP contribution in [0.15, 0.2) is 484 Å². The molecule has 0 bridgehead atoms. The van der Waals surface area contributed by atoms with Crippen LogP contribution in [-0.4, -0.2) is 94.9 Å². The monoisotopic (exact) mass is 2270 g/mol. The summed E-state index contributed by atoms with van der Waals surface area (Å²) in [6.45, 7) is 9.72.